The van der Waals surface area contributed by atoms with Gasteiger partial charge in [-0.25, -0.2) is 4.79 Å². The number of ether oxygens (including phenoxy) is 2. The summed E-state index contributed by atoms with van der Waals surface area (Å²) in [5, 5.41) is 11.1. The van der Waals surface area contributed by atoms with Crippen LogP contribution in [0.5, 0.6) is 5.75 Å². The van der Waals surface area contributed by atoms with E-state index in [9.17, 15) is 19.7 Å². The standard InChI is InChI=1S/C22H24N2O6/c1-4-10-29-22(26)16-7-5-6-15(11-16)13-23-18-9-8-17(24(27)28)12-19(18)30-20(14(2)3)21(23)25/h5-9,11-12,14,20H,4,10,13H2,1-3H3. The Morgan fingerprint density at radius 2 is 2.03 bits per heavy atom. The first-order valence-corrected chi connectivity index (χ1v) is 9.84. The van der Waals surface area contributed by atoms with Crippen LogP contribution >= 0.6 is 0 Å². The highest BCUT2D eigenvalue weighted by atomic mass is 16.6. The van der Waals surface area contributed by atoms with Crippen molar-refractivity contribution in [2.24, 2.45) is 5.92 Å². The SMILES string of the molecule is CCCOC(=O)c1cccc(CN2C(=O)C(C(C)C)Oc3cc([N+](=O)[O-])ccc32)c1. The van der Waals surface area contributed by atoms with E-state index in [1.54, 1.807) is 23.1 Å². The highest BCUT2D eigenvalue weighted by Gasteiger charge is 2.37. The van der Waals surface area contributed by atoms with Crippen LogP contribution in [0, 0.1) is 16.0 Å². The molecule has 3 rings (SSSR count). The number of benzene rings is 2. The van der Waals surface area contributed by atoms with E-state index in [0.29, 0.717) is 23.6 Å². The number of hydrogen-bond acceptors (Lipinski definition) is 6. The molecule has 0 fully saturated rings. The van der Waals surface area contributed by atoms with E-state index in [2.05, 4.69) is 0 Å². The van der Waals surface area contributed by atoms with Crippen LogP contribution in [0.1, 0.15) is 43.1 Å². The van der Waals surface area contributed by atoms with Gasteiger partial charge in [0.25, 0.3) is 11.6 Å². The monoisotopic (exact) mass is 412 g/mol. The molecule has 1 aliphatic heterocycles. The van der Waals surface area contributed by atoms with E-state index in [0.717, 1.165) is 12.0 Å². The van der Waals surface area contributed by atoms with Crippen molar-refractivity contribution in [3.8, 4) is 5.75 Å². The third-order valence-corrected chi connectivity index (χ3v) is 4.75. The molecule has 158 valence electrons. The zero-order valence-electron chi connectivity index (χ0n) is 17.2. The van der Waals surface area contributed by atoms with Crippen molar-refractivity contribution in [2.75, 3.05) is 11.5 Å². The topological polar surface area (TPSA) is 99.0 Å². The van der Waals surface area contributed by atoms with Crippen LogP contribution < -0.4 is 9.64 Å². The number of anilines is 1. The van der Waals surface area contributed by atoms with Crippen LogP contribution in [0.25, 0.3) is 0 Å². The molecule has 0 saturated carbocycles. The third-order valence-electron chi connectivity index (χ3n) is 4.75. The van der Waals surface area contributed by atoms with Crippen LogP contribution in [0.3, 0.4) is 0 Å². The average molecular weight is 412 g/mol. The lowest BCUT2D eigenvalue weighted by molar-refractivity contribution is -0.384. The molecular weight excluding hydrogens is 388 g/mol. The fourth-order valence-electron chi connectivity index (χ4n) is 3.23. The molecule has 0 N–H and O–H groups in total. The fraction of sp³-hybridized carbons (Fsp3) is 0.364. The van der Waals surface area contributed by atoms with Gasteiger partial charge in [-0.3, -0.25) is 14.9 Å². The maximum absolute atomic E-state index is 13.1. The summed E-state index contributed by atoms with van der Waals surface area (Å²) in [6.07, 6.45) is -0.0232. The molecule has 0 aromatic heterocycles. The number of carbonyl (C=O) groups excluding carboxylic acids is 2. The molecule has 0 bridgehead atoms. The third kappa shape index (κ3) is 4.42. The molecule has 1 amide bonds. The van der Waals surface area contributed by atoms with Gasteiger partial charge in [-0.2, -0.15) is 0 Å². The van der Waals surface area contributed by atoms with E-state index in [4.69, 9.17) is 9.47 Å². The van der Waals surface area contributed by atoms with Crippen molar-refractivity contribution in [1.29, 1.82) is 0 Å². The number of nitrogens with zero attached hydrogens (tertiary/aromatic N) is 2. The van der Waals surface area contributed by atoms with Gasteiger partial charge in [0.2, 0.25) is 0 Å². The molecule has 1 atom stereocenters. The van der Waals surface area contributed by atoms with Crippen molar-refractivity contribution in [1.82, 2.24) is 0 Å². The van der Waals surface area contributed by atoms with Crippen LogP contribution in [-0.2, 0) is 16.1 Å². The average Bonchev–Trinajstić information content (AvgIpc) is 2.73. The number of carbonyl (C=O) groups is 2. The highest BCUT2D eigenvalue weighted by Crippen LogP contribution is 2.39. The first-order valence-electron chi connectivity index (χ1n) is 9.84. The maximum Gasteiger partial charge on any atom is 0.338 e. The fourth-order valence-corrected chi connectivity index (χ4v) is 3.23. The molecule has 2 aromatic carbocycles. The second-order valence-corrected chi connectivity index (χ2v) is 7.45. The Kier molecular flexibility index (Phi) is 6.34. The quantitative estimate of drug-likeness (QED) is 0.385. The van der Waals surface area contributed by atoms with Gasteiger partial charge in [-0.15, -0.1) is 0 Å². The normalized spacial score (nSPS) is 15.5. The van der Waals surface area contributed by atoms with Crippen LogP contribution in [0.4, 0.5) is 11.4 Å². The Labute approximate surface area is 174 Å². The first-order chi connectivity index (χ1) is 14.3. The Morgan fingerprint density at radius 1 is 1.27 bits per heavy atom. The van der Waals surface area contributed by atoms with Crippen molar-refractivity contribution in [3.63, 3.8) is 0 Å². The summed E-state index contributed by atoms with van der Waals surface area (Å²) >= 11 is 0. The second-order valence-electron chi connectivity index (χ2n) is 7.45. The Hall–Kier alpha value is -3.42. The molecule has 0 spiro atoms. The molecule has 30 heavy (non-hydrogen) atoms. The number of fused-ring (bicyclic) bond motifs is 1. The van der Waals surface area contributed by atoms with E-state index in [1.807, 2.05) is 26.8 Å². The molecule has 1 aliphatic rings. The minimum atomic E-state index is -0.753. The zero-order chi connectivity index (χ0) is 21.8. The molecule has 8 heteroatoms. The summed E-state index contributed by atoms with van der Waals surface area (Å²) in [5.41, 5.74) is 1.50. The molecule has 1 unspecified atom stereocenters. The van der Waals surface area contributed by atoms with Gasteiger partial charge >= 0.3 is 5.97 Å². The molecule has 2 aromatic rings. The number of rotatable bonds is 7. The molecule has 0 saturated heterocycles. The summed E-state index contributed by atoms with van der Waals surface area (Å²) in [5.74, 6) is -0.475. The first kappa shape index (κ1) is 21.3. The number of amides is 1. The number of non-ortho nitro benzene ring substituents is 1. The van der Waals surface area contributed by atoms with Gasteiger partial charge in [-0.1, -0.05) is 32.9 Å². The summed E-state index contributed by atoms with van der Waals surface area (Å²) in [6, 6.07) is 11.1. The summed E-state index contributed by atoms with van der Waals surface area (Å²) in [6.45, 7) is 6.17. The number of esters is 1. The van der Waals surface area contributed by atoms with Gasteiger partial charge in [0.15, 0.2) is 11.9 Å². The largest absolute Gasteiger partial charge is 0.478 e. The lowest BCUT2D eigenvalue weighted by Crippen LogP contribution is -2.48. The van der Waals surface area contributed by atoms with Crippen LogP contribution in [0.15, 0.2) is 42.5 Å². The lowest BCUT2D eigenvalue weighted by atomic mass is 10.0. The van der Waals surface area contributed by atoms with Gasteiger partial charge in [-0.05, 0) is 36.1 Å². The summed E-state index contributed by atoms with van der Waals surface area (Å²) in [4.78, 5) is 37.4. The molecular formula is C22H24N2O6. The van der Waals surface area contributed by atoms with Crippen LogP contribution in [0.2, 0.25) is 0 Å². The Morgan fingerprint density at radius 3 is 2.70 bits per heavy atom. The Balaban J connectivity index is 1.94. The molecule has 0 aliphatic carbocycles. The van der Waals surface area contributed by atoms with Gasteiger partial charge in [0, 0.05) is 6.07 Å². The second kappa shape index (κ2) is 8.94. The minimum absolute atomic E-state index is 0.105. The van der Waals surface area contributed by atoms with Crippen molar-refractivity contribution in [3.05, 3.63) is 63.7 Å². The van der Waals surface area contributed by atoms with Gasteiger partial charge in [0.05, 0.1) is 35.4 Å². The van der Waals surface area contributed by atoms with Crippen molar-refractivity contribution in [2.45, 2.75) is 39.8 Å². The lowest BCUT2D eigenvalue weighted by Gasteiger charge is -2.36. The van der Waals surface area contributed by atoms with Crippen molar-refractivity contribution >= 4 is 23.3 Å². The smallest absolute Gasteiger partial charge is 0.338 e. The number of nitro groups is 1. The number of hydrogen-bond donors (Lipinski definition) is 0. The Bertz CT molecular complexity index is 972. The number of nitro benzene ring substituents is 1. The van der Waals surface area contributed by atoms with E-state index in [-0.39, 0.29) is 24.1 Å². The van der Waals surface area contributed by atoms with E-state index in [1.165, 1.54) is 18.2 Å². The summed E-state index contributed by atoms with van der Waals surface area (Å²) in [7, 11) is 0. The predicted octanol–water partition coefficient (Wildman–Crippen LogP) is 4.11. The highest BCUT2D eigenvalue weighted by molar-refractivity contribution is 6.00. The van der Waals surface area contributed by atoms with Gasteiger partial charge < -0.3 is 14.4 Å². The molecule has 0 radical (unpaired) electrons. The molecule has 8 nitrogen and oxygen atoms in total. The van der Waals surface area contributed by atoms with E-state index >= 15 is 0 Å². The molecule has 1 heterocycles. The zero-order valence-corrected chi connectivity index (χ0v) is 17.2. The summed E-state index contributed by atoms with van der Waals surface area (Å²) < 4.78 is 11.0. The van der Waals surface area contributed by atoms with E-state index < -0.39 is 17.0 Å². The maximum atomic E-state index is 13.1. The minimum Gasteiger partial charge on any atom is -0.478 e. The van der Waals surface area contributed by atoms with Crippen LogP contribution in [-0.4, -0.2) is 29.5 Å². The van der Waals surface area contributed by atoms with Crippen molar-refractivity contribution < 1.29 is 24.0 Å². The van der Waals surface area contributed by atoms with Gasteiger partial charge in [0.1, 0.15) is 0 Å². The predicted molar refractivity (Wildman–Crippen MR) is 111 cm³/mol.